The molecule has 2 aromatic rings. The molecule has 0 aliphatic heterocycles. The topological polar surface area (TPSA) is 65.0 Å². The normalized spacial score (nSPS) is 11.4. The summed E-state index contributed by atoms with van der Waals surface area (Å²) in [6.45, 7) is 12.5. The molecule has 0 saturated heterocycles. The number of aryl methyl sites for hydroxylation is 1. The van der Waals surface area contributed by atoms with E-state index in [9.17, 15) is 9.59 Å². The molecule has 1 aromatic heterocycles. The summed E-state index contributed by atoms with van der Waals surface area (Å²) in [4.78, 5) is 32.7. The zero-order chi connectivity index (χ0) is 20.0. The standard InChI is InChI=1S/C21H25N3O3/c1-6-7-8-9-10-18(23-27-15(3)25)21(26)20-14(2)24(5)19-12-11-16(22-4)13-17(19)20/h11-13H,6-10H2,1-3,5H3/b23-18+. The number of aromatic nitrogens is 1. The van der Waals surface area contributed by atoms with Gasteiger partial charge in [-0.05, 0) is 31.9 Å². The fourth-order valence-electron chi connectivity index (χ4n) is 3.10. The molecule has 27 heavy (non-hydrogen) atoms. The Morgan fingerprint density at radius 1 is 1.26 bits per heavy atom. The van der Waals surface area contributed by atoms with Gasteiger partial charge in [-0.25, -0.2) is 9.64 Å². The van der Waals surface area contributed by atoms with Crippen molar-refractivity contribution < 1.29 is 14.4 Å². The molecule has 0 fully saturated rings. The van der Waals surface area contributed by atoms with Crippen LogP contribution in [0.15, 0.2) is 23.4 Å². The quantitative estimate of drug-likeness (QED) is 0.163. The molecule has 1 heterocycles. The van der Waals surface area contributed by atoms with Crippen LogP contribution in [-0.2, 0) is 16.7 Å². The molecule has 0 atom stereocenters. The first-order valence-corrected chi connectivity index (χ1v) is 9.16. The zero-order valence-electron chi connectivity index (χ0n) is 16.3. The van der Waals surface area contributed by atoms with Gasteiger partial charge in [0.1, 0.15) is 5.71 Å². The third-order valence-corrected chi connectivity index (χ3v) is 4.65. The average molecular weight is 367 g/mol. The number of hydrogen-bond donors (Lipinski definition) is 0. The molecule has 0 radical (unpaired) electrons. The third kappa shape index (κ3) is 4.62. The summed E-state index contributed by atoms with van der Waals surface area (Å²) in [5.41, 5.74) is 2.90. The summed E-state index contributed by atoms with van der Waals surface area (Å²) in [5, 5.41) is 4.56. The average Bonchev–Trinajstić information content (AvgIpc) is 2.90. The first kappa shape index (κ1) is 20.4. The number of fused-ring (bicyclic) bond motifs is 1. The Balaban J connectivity index is 2.47. The van der Waals surface area contributed by atoms with Crippen LogP contribution in [0.25, 0.3) is 15.7 Å². The molecular formula is C21H25N3O3. The molecule has 0 N–H and O–H groups in total. The van der Waals surface area contributed by atoms with Crippen LogP contribution < -0.4 is 0 Å². The van der Waals surface area contributed by atoms with Gasteiger partial charge in [0.15, 0.2) is 5.69 Å². The van der Waals surface area contributed by atoms with Gasteiger partial charge in [0.05, 0.1) is 12.1 Å². The Hall–Kier alpha value is -2.94. The van der Waals surface area contributed by atoms with E-state index in [0.29, 0.717) is 17.7 Å². The molecule has 0 unspecified atom stereocenters. The number of unbranched alkanes of at least 4 members (excludes halogenated alkanes) is 3. The minimum absolute atomic E-state index is 0.241. The van der Waals surface area contributed by atoms with Crippen molar-refractivity contribution in [3.05, 3.63) is 40.9 Å². The lowest BCUT2D eigenvalue weighted by Gasteiger charge is -2.06. The number of Topliss-reactive ketones (excluding diaryl/α,β-unsaturated/α-hetero) is 1. The van der Waals surface area contributed by atoms with Crippen LogP contribution >= 0.6 is 0 Å². The Kier molecular flexibility index (Phi) is 6.89. The highest BCUT2D eigenvalue weighted by molar-refractivity contribution is 6.48. The number of benzene rings is 1. The fraction of sp³-hybridized carbons (Fsp3) is 0.429. The molecule has 0 saturated carbocycles. The van der Waals surface area contributed by atoms with Crippen molar-refractivity contribution in [3.8, 4) is 0 Å². The highest BCUT2D eigenvalue weighted by atomic mass is 16.7. The maximum Gasteiger partial charge on any atom is 0.331 e. The van der Waals surface area contributed by atoms with Crippen molar-refractivity contribution in [2.75, 3.05) is 0 Å². The van der Waals surface area contributed by atoms with Crippen LogP contribution in [0.3, 0.4) is 0 Å². The van der Waals surface area contributed by atoms with Crippen LogP contribution in [0.2, 0.25) is 0 Å². The van der Waals surface area contributed by atoms with E-state index in [0.717, 1.165) is 42.3 Å². The minimum atomic E-state index is -0.557. The predicted molar refractivity (Wildman–Crippen MR) is 106 cm³/mol. The Bertz CT molecular complexity index is 932. The first-order chi connectivity index (χ1) is 12.9. The monoisotopic (exact) mass is 367 g/mol. The Morgan fingerprint density at radius 3 is 2.63 bits per heavy atom. The van der Waals surface area contributed by atoms with E-state index < -0.39 is 5.97 Å². The van der Waals surface area contributed by atoms with Crippen molar-refractivity contribution in [1.82, 2.24) is 4.57 Å². The lowest BCUT2D eigenvalue weighted by Crippen LogP contribution is -2.17. The lowest BCUT2D eigenvalue weighted by atomic mass is 9.99. The third-order valence-electron chi connectivity index (χ3n) is 4.65. The molecule has 6 nitrogen and oxygen atoms in total. The van der Waals surface area contributed by atoms with Gasteiger partial charge in [-0.3, -0.25) is 4.79 Å². The number of rotatable bonds is 8. The number of hydrogen-bond acceptors (Lipinski definition) is 4. The smallest absolute Gasteiger partial charge is 0.331 e. The van der Waals surface area contributed by atoms with E-state index >= 15 is 0 Å². The summed E-state index contributed by atoms with van der Waals surface area (Å²) in [7, 11) is 1.89. The molecule has 0 bridgehead atoms. The van der Waals surface area contributed by atoms with E-state index in [2.05, 4.69) is 16.9 Å². The number of carbonyl (C=O) groups excluding carboxylic acids is 2. The van der Waals surface area contributed by atoms with Gasteiger partial charge in [0, 0.05) is 30.6 Å². The highest BCUT2D eigenvalue weighted by Crippen LogP contribution is 2.30. The number of nitrogens with zero attached hydrogens (tertiary/aromatic N) is 3. The molecule has 0 aliphatic carbocycles. The van der Waals surface area contributed by atoms with Gasteiger partial charge in [0.25, 0.3) is 0 Å². The molecule has 2 rings (SSSR count). The van der Waals surface area contributed by atoms with Gasteiger partial charge >= 0.3 is 5.97 Å². The maximum atomic E-state index is 13.3. The molecule has 6 heteroatoms. The van der Waals surface area contributed by atoms with E-state index in [1.165, 1.54) is 6.92 Å². The van der Waals surface area contributed by atoms with Gasteiger partial charge in [-0.15, -0.1) is 0 Å². The summed E-state index contributed by atoms with van der Waals surface area (Å²) >= 11 is 0. The SMILES string of the molecule is [C-]#[N+]c1ccc2c(c1)c(C(=O)/C(CCCCCC)=N/OC(C)=O)c(C)n2C. The summed E-state index contributed by atoms with van der Waals surface area (Å²) in [6, 6.07) is 5.31. The molecule has 0 aliphatic rings. The van der Waals surface area contributed by atoms with E-state index in [1.54, 1.807) is 12.1 Å². The van der Waals surface area contributed by atoms with Crippen molar-refractivity contribution in [1.29, 1.82) is 0 Å². The zero-order valence-corrected chi connectivity index (χ0v) is 16.3. The molecule has 0 spiro atoms. The fourth-order valence-corrected chi connectivity index (χ4v) is 3.10. The van der Waals surface area contributed by atoms with Crippen LogP contribution in [0.5, 0.6) is 0 Å². The van der Waals surface area contributed by atoms with Crippen molar-refractivity contribution in [3.63, 3.8) is 0 Å². The summed E-state index contributed by atoms with van der Waals surface area (Å²) in [5.74, 6) is -0.809. The van der Waals surface area contributed by atoms with Crippen molar-refractivity contribution in [2.24, 2.45) is 12.2 Å². The van der Waals surface area contributed by atoms with Crippen molar-refractivity contribution in [2.45, 2.75) is 52.9 Å². The van der Waals surface area contributed by atoms with E-state index in [-0.39, 0.29) is 11.5 Å². The molecule has 142 valence electrons. The second-order valence-electron chi connectivity index (χ2n) is 6.59. The van der Waals surface area contributed by atoms with Crippen LogP contribution in [-0.4, -0.2) is 22.0 Å². The van der Waals surface area contributed by atoms with E-state index in [4.69, 9.17) is 11.4 Å². The molecule has 1 aromatic carbocycles. The lowest BCUT2D eigenvalue weighted by molar-refractivity contribution is -0.140. The summed E-state index contributed by atoms with van der Waals surface area (Å²) in [6.07, 6.45) is 4.41. The van der Waals surface area contributed by atoms with Gasteiger partial charge in [-0.2, -0.15) is 0 Å². The number of ketones is 1. The first-order valence-electron chi connectivity index (χ1n) is 9.16. The Labute approximate surface area is 159 Å². The van der Waals surface area contributed by atoms with Gasteiger partial charge < -0.3 is 9.40 Å². The largest absolute Gasteiger partial charge is 0.347 e. The van der Waals surface area contributed by atoms with Crippen molar-refractivity contribution >= 4 is 34.1 Å². The highest BCUT2D eigenvalue weighted by Gasteiger charge is 2.23. The second-order valence-corrected chi connectivity index (χ2v) is 6.59. The van der Waals surface area contributed by atoms with Crippen LogP contribution in [0.1, 0.15) is 62.0 Å². The van der Waals surface area contributed by atoms with Gasteiger partial charge in [-0.1, -0.05) is 37.4 Å². The van der Waals surface area contributed by atoms with Crippen LogP contribution in [0.4, 0.5) is 5.69 Å². The Morgan fingerprint density at radius 2 is 2.00 bits per heavy atom. The number of oxime groups is 1. The van der Waals surface area contributed by atoms with Gasteiger partial charge in [0.2, 0.25) is 5.78 Å². The maximum absolute atomic E-state index is 13.3. The number of carbonyl (C=O) groups is 2. The minimum Gasteiger partial charge on any atom is -0.347 e. The van der Waals surface area contributed by atoms with Crippen LogP contribution in [0, 0.1) is 13.5 Å². The molecule has 0 amide bonds. The van der Waals surface area contributed by atoms with E-state index in [1.807, 2.05) is 24.6 Å². The summed E-state index contributed by atoms with van der Waals surface area (Å²) < 4.78 is 1.93. The second kappa shape index (κ2) is 9.13. The predicted octanol–water partition coefficient (Wildman–Crippen LogP) is 5.11. The molecular weight excluding hydrogens is 342 g/mol.